The van der Waals surface area contributed by atoms with Gasteiger partial charge in [0.15, 0.2) is 0 Å². The molecule has 0 amide bonds. The van der Waals surface area contributed by atoms with E-state index in [0.29, 0.717) is 17.8 Å². The monoisotopic (exact) mass is 353 g/mol. The third-order valence-corrected chi connectivity index (χ3v) is 5.43. The fourth-order valence-corrected chi connectivity index (χ4v) is 3.98. The SMILES string of the molecule is CC(CCc1ccc(O)cc1)NC(C)c1sccc1Br. The highest BCUT2D eigenvalue weighted by atomic mass is 79.9. The Morgan fingerprint density at radius 3 is 2.50 bits per heavy atom. The van der Waals surface area contributed by atoms with E-state index in [1.807, 2.05) is 12.1 Å². The zero-order valence-electron chi connectivity index (χ0n) is 11.8. The molecule has 0 spiro atoms. The van der Waals surface area contributed by atoms with Gasteiger partial charge >= 0.3 is 0 Å². The van der Waals surface area contributed by atoms with Gasteiger partial charge in [-0.25, -0.2) is 0 Å². The highest BCUT2D eigenvalue weighted by Crippen LogP contribution is 2.29. The predicted molar refractivity (Wildman–Crippen MR) is 89.5 cm³/mol. The van der Waals surface area contributed by atoms with Crippen molar-refractivity contribution in [2.45, 2.75) is 38.8 Å². The van der Waals surface area contributed by atoms with Crippen LogP contribution in [-0.2, 0) is 6.42 Å². The first-order valence-corrected chi connectivity index (χ1v) is 8.50. The van der Waals surface area contributed by atoms with E-state index >= 15 is 0 Å². The molecule has 0 saturated heterocycles. The van der Waals surface area contributed by atoms with Gasteiger partial charge in [-0.3, -0.25) is 0 Å². The number of aryl methyl sites for hydroxylation is 1. The van der Waals surface area contributed by atoms with Crippen molar-refractivity contribution in [3.05, 3.63) is 50.6 Å². The van der Waals surface area contributed by atoms with Crippen LogP contribution < -0.4 is 5.32 Å². The number of nitrogens with one attached hydrogen (secondary N) is 1. The molecule has 0 aliphatic heterocycles. The minimum atomic E-state index is 0.330. The maximum Gasteiger partial charge on any atom is 0.115 e. The Kier molecular flexibility index (Phi) is 5.64. The zero-order valence-corrected chi connectivity index (χ0v) is 14.2. The molecule has 0 aliphatic rings. The molecule has 2 nitrogen and oxygen atoms in total. The quantitative estimate of drug-likeness (QED) is 0.774. The number of phenolic OH excluding ortho intramolecular Hbond substituents is 1. The molecule has 2 aromatic rings. The first-order valence-electron chi connectivity index (χ1n) is 6.83. The second-order valence-electron chi connectivity index (χ2n) is 5.13. The fraction of sp³-hybridized carbons (Fsp3) is 0.375. The number of hydrogen-bond acceptors (Lipinski definition) is 3. The van der Waals surface area contributed by atoms with E-state index in [1.165, 1.54) is 14.9 Å². The molecule has 1 heterocycles. The predicted octanol–water partition coefficient (Wildman–Crippen LogP) is 4.89. The molecule has 1 aromatic carbocycles. The molecule has 2 rings (SSSR count). The van der Waals surface area contributed by atoms with Crippen LogP contribution >= 0.6 is 27.3 Å². The van der Waals surface area contributed by atoms with Crippen LogP contribution in [0.4, 0.5) is 0 Å². The Labute approximate surface area is 133 Å². The maximum atomic E-state index is 9.27. The standard InChI is InChI=1S/C16H20BrNOS/c1-11(3-4-13-5-7-14(19)8-6-13)18-12(2)16-15(17)9-10-20-16/h5-12,18-19H,3-4H2,1-2H3. The number of benzene rings is 1. The molecule has 0 aliphatic carbocycles. The summed E-state index contributed by atoms with van der Waals surface area (Å²) in [5, 5.41) is 15.0. The summed E-state index contributed by atoms with van der Waals surface area (Å²) in [4.78, 5) is 1.35. The Morgan fingerprint density at radius 1 is 1.20 bits per heavy atom. The van der Waals surface area contributed by atoms with Gasteiger partial charge in [-0.1, -0.05) is 12.1 Å². The van der Waals surface area contributed by atoms with Crippen LogP contribution in [0, 0.1) is 0 Å². The van der Waals surface area contributed by atoms with Crippen LogP contribution in [0.2, 0.25) is 0 Å². The van der Waals surface area contributed by atoms with Gasteiger partial charge in [0.25, 0.3) is 0 Å². The van der Waals surface area contributed by atoms with E-state index in [9.17, 15) is 5.11 Å². The van der Waals surface area contributed by atoms with Gasteiger partial charge in [-0.15, -0.1) is 11.3 Å². The topological polar surface area (TPSA) is 32.3 Å². The third-order valence-electron chi connectivity index (χ3n) is 3.37. The highest BCUT2D eigenvalue weighted by Gasteiger charge is 2.13. The minimum Gasteiger partial charge on any atom is -0.508 e. The summed E-state index contributed by atoms with van der Waals surface area (Å²) in [7, 11) is 0. The van der Waals surface area contributed by atoms with Crippen molar-refractivity contribution in [1.29, 1.82) is 0 Å². The third kappa shape index (κ3) is 4.33. The molecule has 2 N–H and O–H groups in total. The fourth-order valence-electron chi connectivity index (χ4n) is 2.25. The van der Waals surface area contributed by atoms with E-state index in [-0.39, 0.29) is 0 Å². The molecule has 2 unspecified atom stereocenters. The van der Waals surface area contributed by atoms with Crippen molar-refractivity contribution in [2.24, 2.45) is 0 Å². The van der Waals surface area contributed by atoms with Crippen molar-refractivity contribution in [1.82, 2.24) is 5.32 Å². The van der Waals surface area contributed by atoms with E-state index in [1.54, 1.807) is 23.5 Å². The van der Waals surface area contributed by atoms with E-state index < -0.39 is 0 Å². The number of halogens is 1. The molecular formula is C16H20BrNOS. The number of rotatable bonds is 6. The molecule has 1 aromatic heterocycles. The van der Waals surface area contributed by atoms with Crippen LogP contribution in [-0.4, -0.2) is 11.1 Å². The molecule has 108 valence electrons. The van der Waals surface area contributed by atoms with Crippen molar-refractivity contribution in [3.8, 4) is 5.75 Å². The molecule has 20 heavy (non-hydrogen) atoms. The number of aromatic hydroxyl groups is 1. The van der Waals surface area contributed by atoms with Crippen LogP contribution in [0.1, 0.15) is 36.8 Å². The van der Waals surface area contributed by atoms with Crippen molar-refractivity contribution >= 4 is 27.3 Å². The van der Waals surface area contributed by atoms with E-state index in [0.717, 1.165) is 12.8 Å². The number of hydrogen-bond donors (Lipinski definition) is 2. The number of thiophene rings is 1. The Morgan fingerprint density at radius 2 is 1.90 bits per heavy atom. The van der Waals surface area contributed by atoms with E-state index in [2.05, 4.69) is 46.5 Å². The Balaban J connectivity index is 1.82. The van der Waals surface area contributed by atoms with Gasteiger partial charge in [0, 0.05) is 21.4 Å². The Bertz CT molecular complexity index is 538. The van der Waals surface area contributed by atoms with Gasteiger partial charge in [0.2, 0.25) is 0 Å². The molecule has 0 saturated carbocycles. The first-order chi connectivity index (χ1) is 9.56. The Hall–Kier alpha value is -0.840. The zero-order chi connectivity index (χ0) is 14.5. The molecular weight excluding hydrogens is 334 g/mol. The minimum absolute atomic E-state index is 0.330. The first kappa shape index (κ1) is 15.5. The van der Waals surface area contributed by atoms with Crippen LogP contribution in [0.25, 0.3) is 0 Å². The molecule has 0 radical (unpaired) electrons. The lowest BCUT2D eigenvalue weighted by Crippen LogP contribution is -2.29. The van der Waals surface area contributed by atoms with Gasteiger partial charge in [0.05, 0.1) is 0 Å². The second kappa shape index (κ2) is 7.25. The summed E-state index contributed by atoms with van der Waals surface area (Å²) in [6, 6.07) is 10.4. The highest BCUT2D eigenvalue weighted by molar-refractivity contribution is 9.10. The number of phenols is 1. The van der Waals surface area contributed by atoms with Crippen LogP contribution in [0.15, 0.2) is 40.2 Å². The summed E-state index contributed by atoms with van der Waals surface area (Å²) >= 11 is 5.36. The van der Waals surface area contributed by atoms with Gasteiger partial charge in [0.1, 0.15) is 5.75 Å². The van der Waals surface area contributed by atoms with Gasteiger partial charge in [-0.05, 0) is 71.8 Å². The molecule has 0 bridgehead atoms. The van der Waals surface area contributed by atoms with Crippen molar-refractivity contribution in [3.63, 3.8) is 0 Å². The summed E-state index contributed by atoms with van der Waals surface area (Å²) < 4.78 is 1.19. The van der Waals surface area contributed by atoms with Gasteiger partial charge in [-0.2, -0.15) is 0 Å². The normalized spacial score (nSPS) is 14.2. The smallest absolute Gasteiger partial charge is 0.115 e. The lowest BCUT2D eigenvalue weighted by Gasteiger charge is -2.19. The average molecular weight is 354 g/mol. The summed E-state index contributed by atoms with van der Waals surface area (Å²) in [6.07, 6.45) is 2.10. The largest absolute Gasteiger partial charge is 0.508 e. The second-order valence-corrected chi connectivity index (χ2v) is 6.93. The van der Waals surface area contributed by atoms with Crippen molar-refractivity contribution in [2.75, 3.05) is 0 Å². The summed E-state index contributed by atoms with van der Waals surface area (Å²) in [5.74, 6) is 0.330. The molecule has 0 fully saturated rings. The molecule has 2 atom stereocenters. The lowest BCUT2D eigenvalue weighted by molar-refractivity contribution is 0.459. The summed E-state index contributed by atoms with van der Waals surface area (Å²) in [5.41, 5.74) is 1.27. The van der Waals surface area contributed by atoms with Crippen LogP contribution in [0.3, 0.4) is 0 Å². The van der Waals surface area contributed by atoms with Gasteiger partial charge < -0.3 is 10.4 Å². The van der Waals surface area contributed by atoms with Crippen LogP contribution in [0.5, 0.6) is 5.75 Å². The summed E-state index contributed by atoms with van der Waals surface area (Å²) in [6.45, 7) is 4.42. The lowest BCUT2D eigenvalue weighted by atomic mass is 10.1. The average Bonchev–Trinajstić information content (AvgIpc) is 2.84. The maximum absolute atomic E-state index is 9.27. The van der Waals surface area contributed by atoms with E-state index in [4.69, 9.17) is 0 Å². The van der Waals surface area contributed by atoms with Crippen molar-refractivity contribution < 1.29 is 5.11 Å². The molecule has 4 heteroatoms.